The Kier molecular flexibility index (Phi) is 4.65. The third-order valence-electron chi connectivity index (χ3n) is 4.73. The number of para-hydroxylation sites is 1. The van der Waals surface area contributed by atoms with E-state index < -0.39 is 0 Å². The molecular formula is C20H21N3OS. The molecule has 4 rings (SSSR count). The number of nitrogens with zero attached hydrogens (tertiary/aromatic N) is 3. The Balaban J connectivity index is 1.38. The lowest BCUT2D eigenvalue weighted by atomic mass is 10.1. The van der Waals surface area contributed by atoms with Crippen LogP contribution in [-0.2, 0) is 11.2 Å². The van der Waals surface area contributed by atoms with Gasteiger partial charge in [-0.25, -0.2) is 4.68 Å². The zero-order chi connectivity index (χ0) is 17.1. The van der Waals surface area contributed by atoms with E-state index >= 15 is 0 Å². The topological polar surface area (TPSA) is 38.1 Å². The van der Waals surface area contributed by atoms with E-state index in [-0.39, 0.29) is 11.9 Å². The fourth-order valence-electron chi connectivity index (χ4n) is 3.45. The fraction of sp³-hybridized carbons (Fsp3) is 0.300. The minimum absolute atomic E-state index is 0.253. The number of rotatable bonds is 5. The monoisotopic (exact) mass is 351 g/mol. The van der Waals surface area contributed by atoms with Crippen molar-refractivity contribution < 1.29 is 4.79 Å². The van der Waals surface area contributed by atoms with Crippen LogP contribution in [-0.4, -0.2) is 27.1 Å². The van der Waals surface area contributed by atoms with E-state index in [0.29, 0.717) is 6.42 Å². The number of hydrogen-bond acceptors (Lipinski definition) is 3. The van der Waals surface area contributed by atoms with Crippen molar-refractivity contribution in [2.45, 2.75) is 31.7 Å². The summed E-state index contributed by atoms with van der Waals surface area (Å²) in [5.74, 6) is 0.253. The van der Waals surface area contributed by atoms with E-state index in [1.807, 2.05) is 47.4 Å². The summed E-state index contributed by atoms with van der Waals surface area (Å²) >= 11 is 1.75. The molecule has 25 heavy (non-hydrogen) atoms. The minimum atomic E-state index is 0.253. The molecule has 1 saturated heterocycles. The molecular weight excluding hydrogens is 330 g/mol. The second-order valence-corrected chi connectivity index (χ2v) is 7.37. The van der Waals surface area contributed by atoms with Gasteiger partial charge >= 0.3 is 0 Å². The molecule has 0 saturated carbocycles. The largest absolute Gasteiger partial charge is 0.335 e. The summed E-state index contributed by atoms with van der Waals surface area (Å²) < 4.78 is 1.87. The van der Waals surface area contributed by atoms with Gasteiger partial charge in [0.15, 0.2) is 0 Å². The zero-order valence-electron chi connectivity index (χ0n) is 14.0. The van der Waals surface area contributed by atoms with Crippen molar-refractivity contribution in [2.75, 3.05) is 6.54 Å². The smallest absolute Gasteiger partial charge is 0.223 e. The lowest BCUT2D eigenvalue weighted by molar-refractivity contribution is -0.132. The summed E-state index contributed by atoms with van der Waals surface area (Å²) in [6.45, 7) is 0.880. The van der Waals surface area contributed by atoms with Crippen molar-refractivity contribution in [3.05, 3.63) is 70.7 Å². The van der Waals surface area contributed by atoms with E-state index in [1.54, 1.807) is 11.3 Å². The SMILES string of the molecule is O=C(CCc1cnn(-c2ccccc2)c1)N1CCCC1c1cccs1. The number of carbonyl (C=O) groups excluding carboxylic acids is 1. The first kappa shape index (κ1) is 16.1. The van der Waals surface area contributed by atoms with Gasteiger partial charge in [-0.1, -0.05) is 24.3 Å². The molecule has 2 aromatic heterocycles. The normalized spacial score (nSPS) is 17.1. The molecule has 3 heterocycles. The molecule has 0 aliphatic carbocycles. The number of thiophene rings is 1. The van der Waals surface area contributed by atoms with Crippen molar-refractivity contribution in [3.63, 3.8) is 0 Å². The molecule has 1 aliphatic heterocycles. The second-order valence-electron chi connectivity index (χ2n) is 6.39. The van der Waals surface area contributed by atoms with Crippen LogP contribution in [0, 0.1) is 0 Å². The van der Waals surface area contributed by atoms with Crippen LogP contribution in [0.3, 0.4) is 0 Å². The number of aryl methyl sites for hydroxylation is 1. The van der Waals surface area contributed by atoms with Gasteiger partial charge in [0.2, 0.25) is 5.91 Å². The summed E-state index contributed by atoms with van der Waals surface area (Å²) in [5.41, 5.74) is 2.14. The molecule has 1 amide bonds. The molecule has 1 fully saturated rings. The number of carbonyl (C=O) groups is 1. The van der Waals surface area contributed by atoms with Crippen LogP contribution in [0.2, 0.25) is 0 Å². The standard InChI is InChI=1S/C20H21N3OS/c24-20(22-12-4-8-18(22)19-9-5-13-25-19)11-10-16-14-21-23(15-16)17-6-2-1-3-7-17/h1-3,5-7,9,13-15,18H,4,8,10-12H2. The molecule has 1 aromatic carbocycles. The Hall–Kier alpha value is -2.40. The van der Waals surface area contributed by atoms with E-state index in [0.717, 1.165) is 37.1 Å². The summed E-state index contributed by atoms with van der Waals surface area (Å²) in [6, 6.07) is 14.5. The van der Waals surface area contributed by atoms with Gasteiger partial charge in [-0.15, -0.1) is 11.3 Å². The van der Waals surface area contributed by atoms with E-state index in [1.165, 1.54) is 4.88 Å². The fourth-order valence-corrected chi connectivity index (χ4v) is 4.32. The molecule has 5 heteroatoms. The Morgan fingerprint density at radius 2 is 2.08 bits per heavy atom. The molecule has 0 radical (unpaired) electrons. The average Bonchev–Trinajstić information content (AvgIpc) is 3.41. The third-order valence-corrected chi connectivity index (χ3v) is 5.70. The van der Waals surface area contributed by atoms with Crippen molar-refractivity contribution >= 4 is 17.2 Å². The summed E-state index contributed by atoms with van der Waals surface area (Å²) in [5, 5.41) is 6.50. The molecule has 0 N–H and O–H groups in total. The number of amides is 1. The van der Waals surface area contributed by atoms with Gasteiger partial charge in [0.1, 0.15) is 0 Å². The van der Waals surface area contributed by atoms with Gasteiger partial charge in [-0.05, 0) is 48.4 Å². The molecule has 4 nitrogen and oxygen atoms in total. The highest BCUT2D eigenvalue weighted by Crippen LogP contribution is 2.34. The van der Waals surface area contributed by atoms with Gasteiger partial charge in [0, 0.05) is 24.0 Å². The number of hydrogen-bond donors (Lipinski definition) is 0. The van der Waals surface area contributed by atoms with Crippen LogP contribution < -0.4 is 0 Å². The summed E-state index contributed by atoms with van der Waals surface area (Å²) in [4.78, 5) is 16.1. The molecule has 0 spiro atoms. The third kappa shape index (κ3) is 3.51. The zero-order valence-corrected chi connectivity index (χ0v) is 14.9. The summed E-state index contributed by atoms with van der Waals surface area (Å²) in [7, 11) is 0. The van der Waals surface area contributed by atoms with Crippen molar-refractivity contribution in [3.8, 4) is 5.69 Å². The van der Waals surface area contributed by atoms with Crippen molar-refractivity contribution in [1.82, 2.24) is 14.7 Å². The number of aromatic nitrogens is 2. The molecule has 3 aromatic rings. The van der Waals surface area contributed by atoms with Crippen LogP contribution >= 0.6 is 11.3 Å². The molecule has 1 atom stereocenters. The highest BCUT2D eigenvalue weighted by molar-refractivity contribution is 7.10. The second kappa shape index (κ2) is 7.23. The maximum absolute atomic E-state index is 12.7. The van der Waals surface area contributed by atoms with Crippen LogP contribution in [0.4, 0.5) is 0 Å². The van der Waals surface area contributed by atoms with E-state index in [2.05, 4.69) is 27.5 Å². The quantitative estimate of drug-likeness (QED) is 0.690. The van der Waals surface area contributed by atoms with Gasteiger partial charge in [-0.2, -0.15) is 5.10 Å². The highest BCUT2D eigenvalue weighted by Gasteiger charge is 2.30. The Morgan fingerprint density at radius 1 is 1.20 bits per heavy atom. The van der Waals surface area contributed by atoms with E-state index in [9.17, 15) is 4.79 Å². The first-order valence-corrected chi connectivity index (χ1v) is 9.61. The Morgan fingerprint density at radius 3 is 2.88 bits per heavy atom. The van der Waals surface area contributed by atoms with Gasteiger partial charge < -0.3 is 4.90 Å². The van der Waals surface area contributed by atoms with Gasteiger partial charge in [0.25, 0.3) is 0 Å². The molecule has 0 bridgehead atoms. The van der Waals surface area contributed by atoms with Crippen LogP contribution in [0.25, 0.3) is 5.69 Å². The van der Waals surface area contributed by atoms with E-state index in [4.69, 9.17) is 0 Å². The van der Waals surface area contributed by atoms with Gasteiger partial charge in [0.05, 0.1) is 17.9 Å². The van der Waals surface area contributed by atoms with Crippen LogP contribution in [0.15, 0.2) is 60.2 Å². The lowest BCUT2D eigenvalue weighted by Crippen LogP contribution is -2.30. The predicted octanol–water partition coefficient (Wildman–Crippen LogP) is 4.23. The van der Waals surface area contributed by atoms with Crippen molar-refractivity contribution in [1.29, 1.82) is 0 Å². The maximum atomic E-state index is 12.7. The lowest BCUT2D eigenvalue weighted by Gasteiger charge is -2.23. The maximum Gasteiger partial charge on any atom is 0.223 e. The van der Waals surface area contributed by atoms with Gasteiger partial charge in [-0.3, -0.25) is 4.79 Å². The summed E-state index contributed by atoms with van der Waals surface area (Å²) in [6.07, 6.45) is 7.34. The van der Waals surface area contributed by atoms with Crippen molar-refractivity contribution in [2.24, 2.45) is 0 Å². The average molecular weight is 351 g/mol. The Bertz CT molecular complexity index is 826. The number of likely N-dealkylation sites (tertiary alicyclic amines) is 1. The first-order chi connectivity index (χ1) is 12.3. The molecule has 1 unspecified atom stereocenters. The van der Waals surface area contributed by atoms with Crippen LogP contribution in [0.5, 0.6) is 0 Å². The molecule has 128 valence electrons. The Labute approximate surface area is 151 Å². The first-order valence-electron chi connectivity index (χ1n) is 8.73. The minimum Gasteiger partial charge on any atom is -0.335 e. The number of benzene rings is 1. The van der Waals surface area contributed by atoms with Crippen LogP contribution in [0.1, 0.15) is 35.7 Å². The molecule has 1 aliphatic rings. The highest BCUT2D eigenvalue weighted by atomic mass is 32.1. The predicted molar refractivity (Wildman–Crippen MR) is 99.9 cm³/mol.